The average molecular weight is 452 g/mol. The van der Waals surface area contributed by atoms with Gasteiger partial charge in [-0.05, 0) is 55.0 Å². The van der Waals surface area contributed by atoms with E-state index in [1.165, 1.54) is 0 Å². The van der Waals surface area contributed by atoms with Gasteiger partial charge in [-0.25, -0.2) is 4.79 Å². The molecule has 0 bridgehead atoms. The molecular formula is C28H25N3O3. The number of rotatable bonds is 7. The number of aryl methyl sites for hydroxylation is 1. The third-order valence-corrected chi connectivity index (χ3v) is 5.17. The van der Waals surface area contributed by atoms with Gasteiger partial charge in [0, 0.05) is 28.2 Å². The van der Waals surface area contributed by atoms with Gasteiger partial charge in [0.15, 0.2) is 0 Å². The number of urea groups is 1. The number of anilines is 3. The molecular weight excluding hydrogens is 426 g/mol. The number of nitrogens with one attached hydrogen (secondary N) is 3. The zero-order chi connectivity index (χ0) is 23.8. The molecule has 170 valence electrons. The topological polar surface area (TPSA) is 79.5 Å². The number of benzene rings is 4. The predicted molar refractivity (Wildman–Crippen MR) is 135 cm³/mol. The van der Waals surface area contributed by atoms with Gasteiger partial charge < -0.3 is 20.7 Å². The summed E-state index contributed by atoms with van der Waals surface area (Å²) >= 11 is 0. The Morgan fingerprint density at radius 2 is 1.35 bits per heavy atom. The molecule has 34 heavy (non-hydrogen) atoms. The van der Waals surface area contributed by atoms with Crippen molar-refractivity contribution < 1.29 is 14.3 Å². The van der Waals surface area contributed by atoms with Gasteiger partial charge in [-0.15, -0.1) is 0 Å². The molecule has 0 aromatic heterocycles. The fourth-order valence-corrected chi connectivity index (χ4v) is 3.38. The molecule has 3 amide bonds. The van der Waals surface area contributed by atoms with E-state index in [0.717, 1.165) is 16.9 Å². The van der Waals surface area contributed by atoms with Gasteiger partial charge >= 0.3 is 6.03 Å². The Bertz CT molecular complexity index is 1270. The fraction of sp³-hybridized carbons (Fsp3) is 0.0714. The summed E-state index contributed by atoms with van der Waals surface area (Å²) < 4.78 is 5.83. The summed E-state index contributed by atoms with van der Waals surface area (Å²) in [5, 5.41) is 8.54. The summed E-state index contributed by atoms with van der Waals surface area (Å²) in [5.74, 6) is 0.488. The number of amides is 3. The maximum absolute atomic E-state index is 13.1. The fourth-order valence-electron chi connectivity index (χ4n) is 3.38. The predicted octanol–water partition coefficient (Wildman–Crippen LogP) is 6.47. The van der Waals surface area contributed by atoms with E-state index in [0.29, 0.717) is 22.6 Å². The third-order valence-electron chi connectivity index (χ3n) is 5.17. The summed E-state index contributed by atoms with van der Waals surface area (Å²) in [7, 11) is 0. The Labute approximate surface area is 198 Å². The Kier molecular flexibility index (Phi) is 7.20. The maximum Gasteiger partial charge on any atom is 0.323 e. The van der Waals surface area contributed by atoms with Gasteiger partial charge in [0.1, 0.15) is 12.4 Å². The van der Waals surface area contributed by atoms with Gasteiger partial charge in [-0.3, -0.25) is 4.79 Å². The van der Waals surface area contributed by atoms with Crippen LogP contribution in [0, 0.1) is 6.92 Å². The van der Waals surface area contributed by atoms with Crippen molar-refractivity contribution in [3.8, 4) is 5.75 Å². The third kappa shape index (κ3) is 6.01. The molecule has 0 spiro atoms. The van der Waals surface area contributed by atoms with E-state index in [1.807, 2.05) is 79.7 Å². The van der Waals surface area contributed by atoms with Crippen LogP contribution in [0.4, 0.5) is 21.9 Å². The van der Waals surface area contributed by atoms with Crippen LogP contribution < -0.4 is 20.7 Å². The van der Waals surface area contributed by atoms with Gasteiger partial charge in [-0.1, -0.05) is 60.7 Å². The average Bonchev–Trinajstić information content (AvgIpc) is 2.86. The summed E-state index contributed by atoms with van der Waals surface area (Å²) in [6.45, 7) is 2.17. The number of hydrogen-bond donors (Lipinski definition) is 3. The number of para-hydroxylation sites is 2. The minimum Gasteiger partial charge on any atom is -0.489 e. The molecule has 6 nitrogen and oxygen atoms in total. The molecule has 6 heteroatoms. The first-order valence-electron chi connectivity index (χ1n) is 10.9. The quantitative estimate of drug-likeness (QED) is 0.301. The molecule has 0 radical (unpaired) electrons. The molecule has 0 heterocycles. The van der Waals surface area contributed by atoms with Crippen molar-refractivity contribution >= 4 is 29.0 Å². The van der Waals surface area contributed by atoms with E-state index in [4.69, 9.17) is 4.74 Å². The molecule has 0 fully saturated rings. The van der Waals surface area contributed by atoms with E-state index in [1.54, 1.807) is 30.3 Å². The second kappa shape index (κ2) is 10.8. The van der Waals surface area contributed by atoms with Crippen LogP contribution in [0.15, 0.2) is 103 Å². The van der Waals surface area contributed by atoms with E-state index in [9.17, 15) is 9.59 Å². The summed E-state index contributed by atoms with van der Waals surface area (Å²) in [4.78, 5) is 25.4. The van der Waals surface area contributed by atoms with Gasteiger partial charge in [0.25, 0.3) is 5.91 Å². The number of ether oxygens (including phenoxy) is 1. The van der Waals surface area contributed by atoms with Gasteiger partial charge in [-0.2, -0.15) is 0 Å². The first-order valence-corrected chi connectivity index (χ1v) is 10.9. The zero-order valence-electron chi connectivity index (χ0n) is 18.7. The summed E-state index contributed by atoms with van der Waals surface area (Å²) in [6.07, 6.45) is 0. The van der Waals surface area contributed by atoms with Gasteiger partial charge in [0.05, 0.1) is 0 Å². The Morgan fingerprint density at radius 1 is 0.706 bits per heavy atom. The minimum absolute atomic E-state index is 0.249. The highest BCUT2D eigenvalue weighted by Crippen LogP contribution is 2.23. The lowest BCUT2D eigenvalue weighted by Gasteiger charge is -2.14. The molecule has 3 N–H and O–H groups in total. The van der Waals surface area contributed by atoms with E-state index >= 15 is 0 Å². The van der Waals surface area contributed by atoms with E-state index in [2.05, 4.69) is 16.0 Å². The molecule has 4 aromatic carbocycles. The highest BCUT2D eigenvalue weighted by molar-refractivity contribution is 6.06. The molecule has 4 rings (SSSR count). The molecule has 0 atom stereocenters. The Balaban J connectivity index is 1.44. The maximum atomic E-state index is 13.1. The Morgan fingerprint density at radius 3 is 2.12 bits per heavy atom. The lowest BCUT2D eigenvalue weighted by Crippen LogP contribution is -2.20. The van der Waals surface area contributed by atoms with Crippen LogP contribution >= 0.6 is 0 Å². The SMILES string of the molecule is Cc1ccc(NC(=O)Nc2ccccc2)cc1NC(=O)c1ccccc1COc1ccccc1. The molecule has 4 aromatic rings. The van der Waals surface area contributed by atoms with E-state index < -0.39 is 0 Å². The van der Waals surface area contributed by atoms with Crippen LogP contribution in [0.1, 0.15) is 21.5 Å². The molecule has 0 saturated heterocycles. The van der Waals surface area contributed by atoms with E-state index in [-0.39, 0.29) is 18.5 Å². The zero-order valence-corrected chi connectivity index (χ0v) is 18.7. The highest BCUT2D eigenvalue weighted by atomic mass is 16.5. The first kappa shape index (κ1) is 22.6. The second-order valence-electron chi connectivity index (χ2n) is 7.69. The lowest BCUT2D eigenvalue weighted by atomic mass is 10.1. The van der Waals surface area contributed by atoms with Crippen LogP contribution in [0.2, 0.25) is 0 Å². The first-order chi connectivity index (χ1) is 16.6. The summed E-state index contributed by atoms with van der Waals surface area (Å²) in [5.41, 5.74) is 4.04. The molecule has 0 aliphatic rings. The number of carbonyl (C=O) groups is 2. The van der Waals surface area contributed by atoms with Crippen molar-refractivity contribution in [1.82, 2.24) is 0 Å². The normalized spacial score (nSPS) is 10.3. The van der Waals surface area contributed by atoms with Crippen molar-refractivity contribution in [2.45, 2.75) is 13.5 Å². The van der Waals surface area contributed by atoms with Crippen LogP contribution in [0.25, 0.3) is 0 Å². The standard InChI is InChI=1S/C28H25N3O3/c1-20-16-17-23(30-28(33)29-22-11-4-2-5-12-22)18-26(20)31-27(32)25-15-9-8-10-21(25)19-34-24-13-6-3-7-14-24/h2-18H,19H2,1H3,(H,31,32)(H2,29,30,33). The van der Waals surface area contributed by atoms with Crippen molar-refractivity contribution in [1.29, 1.82) is 0 Å². The largest absolute Gasteiger partial charge is 0.489 e. The number of carbonyl (C=O) groups excluding carboxylic acids is 2. The summed E-state index contributed by atoms with van der Waals surface area (Å²) in [6, 6.07) is 31.0. The van der Waals surface area contributed by atoms with Gasteiger partial charge in [0.2, 0.25) is 0 Å². The van der Waals surface area contributed by atoms with Crippen LogP contribution in [0.3, 0.4) is 0 Å². The van der Waals surface area contributed by atoms with Crippen molar-refractivity contribution in [3.63, 3.8) is 0 Å². The monoisotopic (exact) mass is 451 g/mol. The van der Waals surface area contributed by atoms with Crippen molar-refractivity contribution in [2.24, 2.45) is 0 Å². The Hall–Kier alpha value is -4.58. The van der Waals surface area contributed by atoms with Crippen LogP contribution in [-0.4, -0.2) is 11.9 Å². The smallest absolute Gasteiger partial charge is 0.323 e. The number of hydrogen-bond acceptors (Lipinski definition) is 3. The lowest BCUT2D eigenvalue weighted by molar-refractivity contribution is 0.102. The van der Waals surface area contributed by atoms with Crippen molar-refractivity contribution in [2.75, 3.05) is 16.0 Å². The van der Waals surface area contributed by atoms with Crippen LogP contribution in [0.5, 0.6) is 5.75 Å². The second-order valence-corrected chi connectivity index (χ2v) is 7.69. The molecule has 0 saturated carbocycles. The highest BCUT2D eigenvalue weighted by Gasteiger charge is 2.14. The minimum atomic E-state index is -0.365. The molecule has 0 aliphatic carbocycles. The molecule has 0 unspecified atom stereocenters. The van der Waals surface area contributed by atoms with Crippen LogP contribution in [-0.2, 0) is 6.61 Å². The molecule has 0 aliphatic heterocycles. The van der Waals surface area contributed by atoms with Crippen molar-refractivity contribution in [3.05, 3.63) is 120 Å².